The molecule has 3 heteroatoms. The fourth-order valence-electron chi connectivity index (χ4n) is 0.733. The van der Waals surface area contributed by atoms with Gasteiger partial charge in [0.1, 0.15) is 0 Å². The molecule has 0 saturated heterocycles. The molecule has 0 radical (unpaired) electrons. The fraction of sp³-hybridized carbons (Fsp3) is 0.286. The molecule has 0 bridgehead atoms. The van der Waals surface area contributed by atoms with Crippen LogP contribution in [0.1, 0.15) is 22.2 Å². The summed E-state index contributed by atoms with van der Waals surface area (Å²) < 4.78 is 0. The normalized spacial score (nSPS) is 8.60. The van der Waals surface area contributed by atoms with Crippen molar-refractivity contribution in [3.05, 3.63) is 21.9 Å². The highest BCUT2D eigenvalue weighted by molar-refractivity contribution is 7.12. The van der Waals surface area contributed by atoms with Gasteiger partial charge in [-0.2, -0.15) is 0 Å². The van der Waals surface area contributed by atoms with E-state index < -0.39 is 0 Å². The van der Waals surface area contributed by atoms with Crippen molar-refractivity contribution in [3.8, 4) is 0 Å². The Morgan fingerprint density at radius 1 is 1.60 bits per heavy atom. The first-order valence-corrected chi connectivity index (χ1v) is 3.65. The number of hydrogen-bond donors (Lipinski definition) is 1. The average Bonchev–Trinajstić information content (AvgIpc) is 2.13. The van der Waals surface area contributed by atoms with E-state index in [0.29, 0.717) is 0 Å². The van der Waals surface area contributed by atoms with Gasteiger partial charge in [-0.25, -0.2) is 0 Å². The average molecular weight is 157 g/mol. The van der Waals surface area contributed by atoms with Gasteiger partial charge in [-0.1, -0.05) is 0 Å². The first-order valence-electron chi connectivity index (χ1n) is 2.77. The lowest BCUT2D eigenvalue weighted by Crippen LogP contribution is -1.87. The van der Waals surface area contributed by atoms with Gasteiger partial charge in [0.15, 0.2) is 5.78 Å². The molecule has 10 heavy (non-hydrogen) atoms. The lowest BCUT2D eigenvalue weighted by molar-refractivity contribution is 0.102. The van der Waals surface area contributed by atoms with Crippen molar-refractivity contribution in [3.63, 3.8) is 0 Å². The van der Waals surface area contributed by atoms with Crippen LogP contribution in [-0.4, -0.2) is 5.78 Å². The van der Waals surface area contributed by atoms with Crippen LogP contribution in [0, 0.1) is 6.92 Å². The second-order valence-electron chi connectivity index (χ2n) is 1.99. The third-order valence-electron chi connectivity index (χ3n) is 1.18. The summed E-state index contributed by atoms with van der Waals surface area (Å²) >= 11 is 1.51. The van der Waals surface area contributed by atoms with Gasteiger partial charge in [-0.3, -0.25) is 4.79 Å². The summed E-state index contributed by atoms with van der Waals surface area (Å²) in [4.78, 5) is 11.6. The topological polar surface area (TPSA) is 52.1 Å². The number of carbonyl (C=O) groups is 1. The Morgan fingerprint density at radius 3 is 2.40 bits per heavy atom. The Kier molecular flexibility index (Phi) is 3.25. The Labute approximate surface area is 64.5 Å². The van der Waals surface area contributed by atoms with Gasteiger partial charge in [0.25, 0.3) is 0 Å². The minimum absolute atomic E-state index is 0. The van der Waals surface area contributed by atoms with E-state index in [0.717, 1.165) is 10.4 Å². The summed E-state index contributed by atoms with van der Waals surface area (Å²) in [6, 6.07) is 1.96. The Bertz CT molecular complexity index is 229. The van der Waals surface area contributed by atoms with E-state index in [4.69, 9.17) is 0 Å². The van der Waals surface area contributed by atoms with Crippen molar-refractivity contribution in [2.75, 3.05) is 0 Å². The zero-order chi connectivity index (χ0) is 6.85. The largest absolute Gasteiger partial charge is 0.344 e. The smallest absolute Gasteiger partial charge is 0.169 e. The van der Waals surface area contributed by atoms with E-state index in [1.165, 1.54) is 11.3 Å². The summed E-state index contributed by atoms with van der Waals surface area (Å²) in [7, 11) is 0. The van der Waals surface area contributed by atoms with Gasteiger partial charge < -0.3 is 6.15 Å². The van der Waals surface area contributed by atoms with Crippen LogP contribution in [0.25, 0.3) is 0 Å². The SMILES string of the molecule is CC(=O)c1sccc1C.N. The molecule has 1 aromatic heterocycles. The van der Waals surface area contributed by atoms with Crippen molar-refractivity contribution in [2.24, 2.45) is 0 Å². The lowest BCUT2D eigenvalue weighted by atomic mass is 10.2. The summed E-state index contributed by atoms with van der Waals surface area (Å²) in [6.07, 6.45) is 0. The highest BCUT2D eigenvalue weighted by Gasteiger charge is 2.02. The molecular formula is C7H11NOS. The monoisotopic (exact) mass is 157 g/mol. The summed E-state index contributed by atoms with van der Waals surface area (Å²) in [5.74, 6) is 0.169. The molecule has 0 aliphatic carbocycles. The lowest BCUT2D eigenvalue weighted by Gasteiger charge is -1.87. The standard InChI is InChI=1S/C7H8OS.H3N/c1-5-3-4-9-7(5)6(2)8;/h3-4H,1-2H3;1H3. The van der Waals surface area contributed by atoms with Crippen LogP contribution in [0.4, 0.5) is 0 Å². The molecular weight excluding hydrogens is 146 g/mol. The van der Waals surface area contributed by atoms with E-state index >= 15 is 0 Å². The maximum atomic E-state index is 10.7. The maximum Gasteiger partial charge on any atom is 0.169 e. The van der Waals surface area contributed by atoms with Gasteiger partial charge >= 0.3 is 0 Å². The number of aryl methyl sites for hydroxylation is 1. The quantitative estimate of drug-likeness (QED) is 0.636. The number of Topliss-reactive ketones (excluding diaryl/α,β-unsaturated/α-hetero) is 1. The zero-order valence-electron chi connectivity index (χ0n) is 6.18. The highest BCUT2D eigenvalue weighted by atomic mass is 32.1. The minimum Gasteiger partial charge on any atom is -0.344 e. The summed E-state index contributed by atoms with van der Waals surface area (Å²) in [6.45, 7) is 3.55. The number of rotatable bonds is 1. The Balaban J connectivity index is 0.000000810. The van der Waals surface area contributed by atoms with Crippen LogP contribution in [0.15, 0.2) is 11.4 Å². The van der Waals surface area contributed by atoms with Gasteiger partial charge in [-0.05, 0) is 30.9 Å². The van der Waals surface area contributed by atoms with Crippen molar-refractivity contribution in [2.45, 2.75) is 13.8 Å². The minimum atomic E-state index is 0. The molecule has 0 saturated carbocycles. The predicted octanol–water partition coefficient (Wildman–Crippen LogP) is 2.42. The van der Waals surface area contributed by atoms with E-state index in [1.54, 1.807) is 6.92 Å². The molecule has 0 aromatic carbocycles. The van der Waals surface area contributed by atoms with Crippen LogP contribution in [-0.2, 0) is 0 Å². The Morgan fingerprint density at radius 2 is 2.20 bits per heavy atom. The van der Waals surface area contributed by atoms with Crippen LogP contribution in [0.5, 0.6) is 0 Å². The molecule has 1 rings (SSSR count). The molecule has 3 N–H and O–H groups in total. The van der Waals surface area contributed by atoms with E-state index in [9.17, 15) is 4.79 Å². The van der Waals surface area contributed by atoms with Crippen molar-refractivity contribution in [1.82, 2.24) is 6.15 Å². The van der Waals surface area contributed by atoms with Crippen LogP contribution >= 0.6 is 11.3 Å². The van der Waals surface area contributed by atoms with Crippen LogP contribution < -0.4 is 6.15 Å². The van der Waals surface area contributed by atoms with Crippen LogP contribution in [0.2, 0.25) is 0 Å². The maximum absolute atomic E-state index is 10.7. The molecule has 0 fully saturated rings. The Hall–Kier alpha value is -0.670. The molecule has 1 heterocycles. The number of hydrogen-bond acceptors (Lipinski definition) is 3. The summed E-state index contributed by atoms with van der Waals surface area (Å²) in [5, 5.41) is 1.94. The third-order valence-corrected chi connectivity index (χ3v) is 2.30. The number of ketones is 1. The van der Waals surface area contributed by atoms with Gasteiger partial charge in [0.05, 0.1) is 4.88 Å². The summed E-state index contributed by atoms with van der Waals surface area (Å²) in [5.41, 5.74) is 1.09. The molecule has 0 unspecified atom stereocenters. The first-order chi connectivity index (χ1) is 4.22. The molecule has 0 spiro atoms. The second-order valence-corrected chi connectivity index (χ2v) is 2.91. The number of carbonyl (C=O) groups excluding carboxylic acids is 1. The van der Waals surface area contributed by atoms with Gasteiger partial charge in [0.2, 0.25) is 0 Å². The fourth-order valence-corrected chi connectivity index (χ4v) is 1.56. The van der Waals surface area contributed by atoms with Gasteiger partial charge in [-0.15, -0.1) is 11.3 Å². The molecule has 0 amide bonds. The molecule has 2 nitrogen and oxygen atoms in total. The molecule has 1 aromatic rings. The van der Waals surface area contributed by atoms with Crippen LogP contribution in [0.3, 0.4) is 0 Å². The molecule has 0 atom stereocenters. The number of thiophene rings is 1. The molecule has 0 aliphatic rings. The predicted molar refractivity (Wildman–Crippen MR) is 44.1 cm³/mol. The van der Waals surface area contributed by atoms with E-state index in [1.807, 2.05) is 18.4 Å². The third kappa shape index (κ3) is 1.65. The van der Waals surface area contributed by atoms with Crippen molar-refractivity contribution < 1.29 is 4.79 Å². The van der Waals surface area contributed by atoms with E-state index in [2.05, 4.69) is 0 Å². The molecule has 0 aliphatic heterocycles. The van der Waals surface area contributed by atoms with Gasteiger partial charge in [0, 0.05) is 0 Å². The van der Waals surface area contributed by atoms with Crippen molar-refractivity contribution >= 4 is 17.1 Å². The zero-order valence-corrected chi connectivity index (χ0v) is 6.99. The second kappa shape index (κ2) is 3.49. The highest BCUT2D eigenvalue weighted by Crippen LogP contribution is 2.15. The molecule has 56 valence electrons. The van der Waals surface area contributed by atoms with E-state index in [-0.39, 0.29) is 11.9 Å². The van der Waals surface area contributed by atoms with Crippen molar-refractivity contribution in [1.29, 1.82) is 0 Å². The first kappa shape index (κ1) is 9.33.